The van der Waals surface area contributed by atoms with Gasteiger partial charge in [0, 0.05) is 24.6 Å². The minimum atomic E-state index is -1.36. The molecule has 3 atom stereocenters. The summed E-state index contributed by atoms with van der Waals surface area (Å²) in [5.74, 6) is 0. The lowest BCUT2D eigenvalue weighted by Gasteiger charge is -2.42. The van der Waals surface area contributed by atoms with Crippen LogP contribution in [0, 0.1) is 6.92 Å². The maximum absolute atomic E-state index is 14.2. The third-order valence-electron chi connectivity index (χ3n) is 10.1. The zero-order chi connectivity index (χ0) is 38.1. The lowest BCUT2D eigenvalue weighted by atomic mass is 9.79. The van der Waals surface area contributed by atoms with E-state index in [0.717, 1.165) is 31.9 Å². The number of nitrogens with zero attached hydrogens (tertiary/aromatic N) is 3. The van der Waals surface area contributed by atoms with Crippen LogP contribution in [0.4, 0.5) is 4.79 Å². The van der Waals surface area contributed by atoms with Crippen molar-refractivity contribution >= 4 is 6.09 Å². The Bertz CT molecular complexity index is 2130. The molecule has 2 aliphatic heterocycles. The number of hydrogen-bond acceptors (Lipinski definition) is 9. The predicted molar refractivity (Wildman–Crippen MR) is 202 cm³/mol. The van der Waals surface area contributed by atoms with Crippen molar-refractivity contribution in [1.29, 1.82) is 0 Å². The zero-order valence-corrected chi connectivity index (χ0v) is 30.8. The summed E-state index contributed by atoms with van der Waals surface area (Å²) in [5.41, 5.74) is 0.398. The standard InChI is InChI=1S/C43H45N3O9/c1-33-25-44(40(48)45(39(33)47)32-51-27-35-16-8-3-9-17-35)38-24-42(53-29-37-20-12-5-13-21-37)22-23-54-46(41(49)52-28-36-18-10-4-11-19-36)30-43(42,55-38)31-50-26-34-14-6-2-7-15-34/h2-21,25,38H,22-24,26-32H2,1H3/t38-,42+,43-/m1/s1. The van der Waals surface area contributed by atoms with Gasteiger partial charge < -0.3 is 23.7 Å². The van der Waals surface area contributed by atoms with Crippen LogP contribution in [0.25, 0.3) is 0 Å². The fraction of sp³-hybridized carbons (Fsp3) is 0.326. The molecule has 2 saturated heterocycles. The molecule has 0 spiro atoms. The first-order valence-corrected chi connectivity index (χ1v) is 18.4. The summed E-state index contributed by atoms with van der Waals surface area (Å²) in [5, 5.41) is 1.16. The van der Waals surface area contributed by atoms with E-state index in [1.54, 1.807) is 6.92 Å². The highest BCUT2D eigenvalue weighted by molar-refractivity contribution is 5.66. The molecule has 0 aliphatic carbocycles. The summed E-state index contributed by atoms with van der Waals surface area (Å²) >= 11 is 0. The number of rotatable bonds is 14. The summed E-state index contributed by atoms with van der Waals surface area (Å²) < 4.78 is 34.5. The van der Waals surface area contributed by atoms with Crippen molar-refractivity contribution in [3.8, 4) is 0 Å². The first-order chi connectivity index (χ1) is 26.8. The molecule has 0 bridgehead atoms. The number of hydrogen-bond donors (Lipinski definition) is 0. The number of amides is 1. The maximum Gasteiger partial charge on any atom is 0.434 e. The van der Waals surface area contributed by atoms with Gasteiger partial charge >= 0.3 is 11.8 Å². The Morgan fingerprint density at radius 3 is 1.89 bits per heavy atom. The molecule has 1 aromatic heterocycles. The van der Waals surface area contributed by atoms with Gasteiger partial charge in [-0.1, -0.05) is 121 Å². The van der Waals surface area contributed by atoms with Crippen LogP contribution in [0.5, 0.6) is 0 Å². The molecule has 0 unspecified atom stereocenters. The Kier molecular flexibility index (Phi) is 12.0. The second-order valence-electron chi connectivity index (χ2n) is 13.9. The molecule has 12 heteroatoms. The van der Waals surface area contributed by atoms with Crippen molar-refractivity contribution in [1.82, 2.24) is 14.2 Å². The van der Waals surface area contributed by atoms with Crippen LogP contribution in [-0.4, -0.2) is 51.3 Å². The first-order valence-electron chi connectivity index (χ1n) is 18.4. The van der Waals surface area contributed by atoms with Crippen molar-refractivity contribution in [3.63, 3.8) is 0 Å². The maximum atomic E-state index is 14.2. The summed E-state index contributed by atoms with van der Waals surface area (Å²) in [6.07, 6.45) is 0.381. The van der Waals surface area contributed by atoms with Crippen LogP contribution in [0.3, 0.4) is 0 Å². The predicted octanol–water partition coefficient (Wildman–Crippen LogP) is 6.30. The third kappa shape index (κ3) is 8.80. The minimum absolute atomic E-state index is 0.0213. The van der Waals surface area contributed by atoms with E-state index < -0.39 is 34.8 Å². The molecule has 55 heavy (non-hydrogen) atoms. The quantitative estimate of drug-likeness (QED) is 0.129. The molecule has 5 aromatic rings. The van der Waals surface area contributed by atoms with E-state index in [9.17, 15) is 14.4 Å². The lowest BCUT2D eigenvalue weighted by Crippen LogP contribution is -2.60. The highest BCUT2D eigenvalue weighted by Gasteiger charge is 2.64. The number of benzene rings is 4. The topological polar surface area (TPSA) is 120 Å². The van der Waals surface area contributed by atoms with Gasteiger partial charge in [0.1, 0.15) is 30.8 Å². The first kappa shape index (κ1) is 37.9. The Morgan fingerprint density at radius 2 is 1.29 bits per heavy atom. The highest BCUT2D eigenvalue weighted by atomic mass is 16.7. The normalized spacial score (nSPS) is 20.8. The van der Waals surface area contributed by atoms with Crippen LogP contribution in [0.2, 0.25) is 0 Å². The summed E-state index contributed by atoms with van der Waals surface area (Å²) in [6, 6.07) is 38.4. The molecular formula is C43H45N3O9. The van der Waals surface area contributed by atoms with Crippen molar-refractivity contribution in [2.75, 3.05) is 19.8 Å². The lowest BCUT2D eigenvalue weighted by molar-refractivity contribution is -0.215. The van der Waals surface area contributed by atoms with Gasteiger partial charge in [-0.25, -0.2) is 14.2 Å². The number of carbonyl (C=O) groups is 1. The van der Waals surface area contributed by atoms with Crippen LogP contribution in [-0.2, 0) is 61.7 Å². The molecule has 4 aromatic carbocycles. The van der Waals surface area contributed by atoms with E-state index in [-0.39, 0.29) is 59.3 Å². The van der Waals surface area contributed by atoms with Gasteiger partial charge in [0.2, 0.25) is 0 Å². The summed E-state index contributed by atoms with van der Waals surface area (Å²) in [7, 11) is 0. The third-order valence-corrected chi connectivity index (χ3v) is 10.1. The van der Waals surface area contributed by atoms with E-state index in [4.69, 9.17) is 28.5 Å². The van der Waals surface area contributed by atoms with Gasteiger partial charge in [-0.3, -0.25) is 14.2 Å². The molecule has 0 saturated carbocycles. The van der Waals surface area contributed by atoms with Crippen molar-refractivity contribution in [2.24, 2.45) is 0 Å². The summed E-state index contributed by atoms with van der Waals surface area (Å²) in [6.45, 7) is 2.07. The van der Waals surface area contributed by atoms with E-state index in [2.05, 4.69) is 0 Å². The van der Waals surface area contributed by atoms with Gasteiger partial charge in [-0.15, -0.1) is 0 Å². The molecule has 12 nitrogen and oxygen atoms in total. The second-order valence-corrected chi connectivity index (χ2v) is 13.9. The highest BCUT2D eigenvalue weighted by Crippen LogP contribution is 2.51. The molecule has 0 radical (unpaired) electrons. The van der Waals surface area contributed by atoms with Crippen LogP contribution in [0.1, 0.15) is 46.9 Å². The van der Waals surface area contributed by atoms with Gasteiger partial charge in [0.25, 0.3) is 5.56 Å². The number of fused-ring (bicyclic) bond motifs is 1. The average molecular weight is 748 g/mol. The Labute approximate surface area is 319 Å². The zero-order valence-electron chi connectivity index (χ0n) is 30.8. The van der Waals surface area contributed by atoms with E-state index in [1.807, 2.05) is 121 Å². The van der Waals surface area contributed by atoms with Crippen LogP contribution >= 0.6 is 0 Å². The van der Waals surface area contributed by atoms with Crippen molar-refractivity contribution in [3.05, 3.63) is 176 Å². The van der Waals surface area contributed by atoms with E-state index in [0.29, 0.717) is 12.0 Å². The second kappa shape index (κ2) is 17.4. The van der Waals surface area contributed by atoms with Gasteiger partial charge in [0.15, 0.2) is 0 Å². The van der Waals surface area contributed by atoms with E-state index >= 15 is 0 Å². The summed E-state index contributed by atoms with van der Waals surface area (Å²) in [4.78, 5) is 47.3. The van der Waals surface area contributed by atoms with Crippen LogP contribution < -0.4 is 11.2 Å². The molecule has 7 rings (SSSR count). The van der Waals surface area contributed by atoms with Gasteiger partial charge in [-0.2, -0.15) is 5.06 Å². The SMILES string of the molecule is Cc1cn([C@H]2C[C@@]3(OCc4ccccc4)CCON(C(=O)OCc4ccccc4)C[C@]3(COCc3ccccc3)O2)c(=O)n(COCc2ccccc2)c1=O. The van der Waals surface area contributed by atoms with E-state index in [1.165, 1.54) is 10.8 Å². The molecule has 2 aliphatic rings. The van der Waals surface area contributed by atoms with Gasteiger partial charge in [0.05, 0.1) is 39.6 Å². The number of aromatic nitrogens is 2. The molecule has 0 N–H and O–H groups in total. The molecular weight excluding hydrogens is 702 g/mol. The fourth-order valence-corrected chi connectivity index (χ4v) is 7.14. The number of ether oxygens (including phenoxy) is 5. The van der Waals surface area contributed by atoms with Crippen LogP contribution in [0.15, 0.2) is 137 Å². The fourth-order valence-electron chi connectivity index (χ4n) is 7.14. The smallest absolute Gasteiger partial charge is 0.434 e. The van der Waals surface area contributed by atoms with Crippen molar-refractivity contribution in [2.45, 2.75) is 70.4 Å². The molecule has 1 amide bonds. The number of hydroxylamine groups is 2. The molecule has 2 fully saturated rings. The van der Waals surface area contributed by atoms with Crippen molar-refractivity contribution < 1.29 is 33.3 Å². The number of aryl methyl sites for hydroxylation is 1. The monoisotopic (exact) mass is 747 g/mol. The molecule has 3 heterocycles. The average Bonchev–Trinajstić information content (AvgIpc) is 3.44. The Hall–Kier alpha value is -5.37. The minimum Gasteiger partial charge on any atom is -0.443 e. The van der Waals surface area contributed by atoms with Gasteiger partial charge in [-0.05, 0) is 29.2 Å². The number of carbonyl (C=O) groups excluding carboxylic acids is 1. The largest absolute Gasteiger partial charge is 0.443 e. The Balaban J connectivity index is 1.23. The Morgan fingerprint density at radius 1 is 0.745 bits per heavy atom. The molecule has 286 valence electrons.